The molecule has 0 bridgehead atoms. The average molecular weight is 502 g/mol. The van der Waals surface area contributed by atoms with Crippen molar-refractivity contribution in [1.82, 2.24) is 9.80 Å². The summed E-state index contributed by atoms with van der Waals surface area (Å²) in [4.78, 5) is 17.1. The Bertz CT molecular complexity index is 1110. The molecular formula is C25H33N4O5S-. The number of hydrogen-bond donors (Lipinski definition) is 2. The third kappa shape index (κ3) is 6.32. The molecule has 1 fully saturated rings. The number of fused-ring (bicyclic) bond motifs is 1. The van der Waals surface area contributed by atoms with Gasteiger partial charge in [-0.3, -0.25) is 9.69 Å². The van der Waals surface area contributed by atoms with Gasteiger partial charge in [0.05, 0.1) is 17.8 Å². The molecule has 2 aliphatic heterocycles. The lowest BCUT2D eigenvalue weighted by Crippen LogP contribution is -2.41. The van der Waals surface area contributed by atoms with Crippen LogP contribution < -0.4 is 10.1 Å². The molecule has 1 amide bonds. The number of carbonyl (C=O) groups is 1. The fraction of sp³-hybridized carbons (Fsp3) is 0.480. The topological polar surface area (TPSA) is 104 Å². The summed E-state index contributed by atoms with van der Waals surface area (Å²) in [6, 6.07) is 13.3. The number of ether oxygens (including phenoxy) is 1. The number of hydrogen-bond acceptors (Lipinski definition) is 9. The molecule has 35 heavy (non-hydrogen) atoms. The lowest BCUT2D eigenvalue weighted by atomic mass is 10.0. The Morgan fingerprint density at radius 1 is 1.31 bits per heavy atom. The quantitative estimate of drug-likeness (QED) is 0.509. The summed E-state index contributed by atoms with van der Waals surface area (Å²) in [6.07, 6.45) is 2.13. The molecule has 0 aromatic heterocycles. The SMILES string of the molecule is CO[S-](=O)=Nc1ccc(OCC(=O)N(C)C(CN2CC[C@H](O)C2)c2ccccc2)c2c1CCCN2. The first-order valence-corrected chi connectivity index (χ1v) is 12.9. The van der Waals surface area contributed by atoms with Crippen molar-refractivity contribution in [2.45, 2.75) is 31.4 Å². The van der Waals surface area contributed by atoms with Crippen LogP contribution in [0.5, 0.6) is 5.75 Å². The Kier molecular flexibility index (Phi) is 8.61. The first-order valence-electron chi connectivity index (χ1n) is 11.9. The Hall–Kier alpha value is -2.66. The Morgan fingerprint density at radius 3 is 2.83 bits per heavy atom. The van der Waals surface area contributed by atoms with E-state index in [1.54, 1.807) is 24.1 Å². The number of likely N-dealkylation sites (tertiary alicyclic amines) is 1. The van der Waals surface area contributed by atoms with Gasteiger partial charge in [0, 0.05) is 51.6 Å². The van der Waals surface area contributed by atoms with Crippen LogP contribution in [0.4, 0.5) is 11.4 Å². The first kappa shape index (κ1) is 25.4. The Labute approximate surface area is 208 Å². The molecule has 2 N–H and O–H groups in total. The van der Waals surface area contributed by atoms with Crippen LogP contribution in [0.25, 0.3) is 0 Å². The molecule has 0 spiro atoms. The highest BCUT2D eigenvalue weighted by Crippen LogP contribution is 2.39. The maximum atomic E-state index is 13.2. The molecule has 190 valence electrons. The van der Waals surface area contributed by atoms with E-state index in [0.29, 0.717) is 24.5 Å². The maximum Gasteiger partial charge on any atom is 0.260 e. The first-order chi connectivity index (χ1) is 17.0. The average Bonchev–Trinajstić information content (AvgIpc) is 3.31. The number of β-amino-alcohol motifs (C(OH)–C–C–N with tert-alkyl or cyclic N) is 1. The fourth-order valence-corrected chi connectivity index (χ4v) is 5.03. The highest BCUT2D eigenvalue weighted by atomic mass is 32.2. The molecule has 2 aliphatic rings. The number of carbonyl (C=O) groups excluding carboxylic acids is 1. The smallest absolute Gasteiger partial charge is 0.260 e. The minimum atomic E-state index is -1.75. The molecule has 10 heteroatoms. The van der Waals surface area contributed by atoms with Crippen LogP contribution in [0.15, 0.2) is 46.8 Å². The van der Waals surface area contributed by atoms with E-state index in [-0.39, 0.29) is 24.7 Å². The molecule has 2 heterocycles. The predicted octanol–water partition coefficient (Wildman–Crippen LogP) is 3.03. The van der Waals surface area contributed by atoms with Gasteiger partial charge in [0.25, 0.3) is 5.91 Å². The van der Waals surface area contributed by atoms with E-state index >= 15 is 0 Å². The van der Waals surface area contributed by atoms with Crippen LogP contribution >= 0.6 is 0 Å². The number of aliphatic hydroxyl groups is 1. The second-order valence-electron chi connectivity index (χ2n) is 8.86. The highest BCUT2D eigenvalue weighted by molar-refractivity contribution is 7.69. The van der Waals surface area contributed by atoms with Gasteiger partial charge in [-0.25, -0.2) is 0 Å². The highest BCUT2D eigenvalue weighted by Gasteiger charge is 2.28. The summed E-state index contributed by atoms with van der Waals surface area (Å²) in [5.74, 6) is 0.430. The summed E-state index contributed by atoms with van der Waals surface area (Å²) in [5, 5.41) is 13.3. The van der Waals surface area contributed by atoms with Gasteiger partial charge in [0.15, 0.2) is 6.61 Å². The lowest BCUT2D eigenvalue weighted by molar-refractivity contribution is -0.134. The molecule has 4 rings (SSSR count). The van der Waals surface area contributed by atoms with Crippen molar-refractivity contribution < 1.29 is 23.0 Å². The van der Waals surface area contributed by atoms with E-state index in [1.165, 1.54) is 7.11 Å². The maximum absolute atomic E-state index is 13.2. The molecule has 2 aromatic carbocycles. The molecule has 1 unspecified atom stereocenters. The van der Waals surface area contributed by atoms with Gasteiger partial charge < -0.3 is 32.8 Å². The number of likely N-dealkylation sites (N-methyl/N-ethyl adjacent to an activating group) is 1. The van der Waals surface area contributed by atoms with E-state index in [0.717, 1.165) is 49.2 Å². The van der Waals surface area contributed by atoms with Crippen LogP contribution in [0, 0.1) is 0 Å². The van der Waals surface area contributed by atoms with Crippen molar-refractivity contribution in [2.24, 2.45) is 4.36 Å². The summed E-state index contributed by atoms with van der Waals surface area (Å²) in [5.41, 5.74) is 3.34. The van der Waals surface area contributed by atoms with E-state index in [9.17, 15) is 14.1 Å². The lowest BCUT2D eigenvalue weighted by Gasteiger charge is -2.32. The Balaban J connectivity index is 1.49. The van der Waals surface area contributed by atoms with Gasteiger partial charge in [0.2, 0.25) is 0 Å². The summed E-state index contributed by atoms with van der Waals surface area (Å²) in [6.45, 7) is 2.74. The standard InChI is InChI=1S/C25H33N4O5S/c1-28(22(18-7-4-3-5-8-18)16-29-14-12-19(30)15-29)24(31)17-34-23-11-10-21(27-35(32)33-2)20-9-6-13-26-25(20)23/h3-5,7-8,10-11,19,22,26,30H,6,9,12-17H2,1-2H3/q-1/t19-,22?/m0/s1. The number of nitrogens with one attached hydrogen (secondary N) is 1. The number of amides is 1. The molecule has 0 saturated carbocycles. The molecule has 9 nitrogen and oxygen atoms in total. The van der Waals surface area contributed by atoms with Crippen molar-refractivity contribution >= 4 is 28.2 Å². The minimum absolute atomic E-state index is 0.114. The van der Waals surface area contributed by atoms with E-state index < -0.39 is 10.9 Å². The van der Waals surface area contributed by atoms with E-state index in [4.69, 9.17) is 8.92 Å². The van der Waals surface area contributed by atoms with E-state index in [2.05, 4.69) is 14.6 Å². The van der Waals surface area contributed by atoms with Crippen molar-refractivity contribution in [3.8, 4) is 5.75 Å². The second-order valence-corrected chi connectivity index (χ2v) is 9.81. The van der Waals surface area contributed by atoms with Gasteiger partial charge in [0.1, 0.15) is 5.75 Å². The van der Waals surface area contributed by atoms with Gasteiger partial charge in [-0.2, -0.15) is 0 Å². The van der Waals surface area contributed by atoms with Gasteiger partial charge in [-0.05, 0) is 37.0 Å². The summed E-state index contributed by atoms with van der Waals surface area (Å²) >= 11 is 0. The molecule has 2 atom stereocenters. The minimum Gasteiger partial charge on any atom is -0.482 e. The zero-order chi connectivity index (χ0) is 24.8. The van der Waals surface area contributed by atoms with Crippen molar-refractivity contribution in [3.63, 3.8) is 0 Å². The fourth-order valence-electron chi connectivity index (χ4n) is 4.63. The largest absolute Gasteiger partial charge is 0.482 e. The number of anilines is 1. The molecular weight excluding hydrogens is 468 g/mol. The van der Waals surface area contributed by atoms with Crippen LogP contribution in [0.3, 0.4) is 0 Å². The summed E-state index contributed by atoms with van der Waals surface area (Å²) in [7, 11) is 1.39. The van der Waals surface area contributed by atoms with Crippen LogP contribution in [0.1, 0.15) is 30.0 Å². The van der Waals surface area contributed by atoms with Crippen molar-refractivity contribution in [2.75, 3.05) is 52.3 Å². The van der Waals surface area contributed by atoms with Gasteiger partial charge in [-0.1, -0.05) is 41.2 Å². The zero-order valence-electron chi connectivity index (χ0n) is 20.2. The number of aliphatic hydroxyl groups excluding tert-OH is 1. The molecule has 2 aromatic rings. The Morgan fingerprint density at radius 2 is 2.11 bits per heavy atom. The van der Waals surface area contributed by atoms with Gasteiger partial charge in [-0.15, -0.1) is 0 Å². The second kappa shape index (κ2) is 11.9. The van der Waals surface area contributed by atoms with Crippen molar-refractivity contribution in [3.05, 3.63) is 53.6 Å². The number of rotatable bonds is 9. The molecule has 0 aliphatic carbocycles. The predicted molar refractivity (Wildman–Crippen MR) is 135 cm³/mol. The third-order valence-corrected chi connectivity index (χ3v) is 7.18. The number of nitrogens with zero attached hydrogens (tertiary/aromatic N) is 3. The zero-order valence-corrected chi connectivity index (χ0v) is 21.0. The van der Waals surface area contributed by atoms with Crippen LogP contribution in [-0.2, 0) is 30.5 Å². The van der Waals surface area contributed by atoms with Crippen molar-refractivity contribution in [1.29, 1.82) is 0 Å². The van der Waals surface area contributed by atoms with Crippen LogP contribution in [0.2, 0.25) is 0 Å². The summed E-state index contributed by atoms with van der Waals surface area (Å²) < 4.78 is 26.7. The third-order valence-electron chi connectivity index (χ3n) is 6.55. The van der Waals surface area contributed by atoms with E-state index in [1.807, 2.05) is 30.3 Å². The molecule has 1 saturated heterocycles. The molecule has 0 radical (unpaired) electrons. The normalized spacial score (nSPS) is 19.6. The van der Waals surface area contributed by atoms with Gasteiger partial charge >= 0.3 is 0 Å². The van der Waals surface area contributed by atoms with Crippen LogP contribution in [-0.4, -0.2) is 73.9 Å². The monoisotopic (exact) mass is 501 g/mol. The number of benzene rings is 2.